The average Bonchev–Trinajstić information content (AvgIpc) is 3.65. The number of pyridine rings is 4. The summed E-state index contributed by atoms with van der Waals surface area (Å²) in [5, 5.41) is 5.71. The minimum absolute atomic E-state index is 0.382. The predicted octanol–water partition coefficient (Wildman–Crippen LogP) is 6.56. The van der Waals surface area contributed by atoms with Gasteiger partial charge in [0.15, 0.2) is 0 Å². The van der Waals surface area contributed by atoms with Crippen molar-refractivity contribution in [2.45, 2.75) is 13.2 Å². The van der Waals surface area contributed by atoms with Crippen LogP contribution in [0.15, 0.2) is 96.0 Å². The van der Waals surface area contributed by atoms with Crippen molar-refractivity contribution in [2.24, 2.45) is 0 Å². The van der Waals surface area contributed by atoms with Gasteiger partial charge < -0.3 is 4.74 Å². The van der Waals surface area contributed by atoms with E-state index in [0.29, 0.717) is 13.2 Å². The lowest BCUT2D eigenvalue weighted by Crippen LogP contribution is -1.98. The molecule has 6 aromatic heterocycles. The number of thiazole rings is 2. The van der Waals surface area contributed by atoms with E-state index in [1.54, 1.807) is 35.1 Å². The third kappa shape index (κ3) is 5.49. The fourth-order valence-corrected chi connectivity index (χ4v) is 5.22. The Morgan fingerprint density at radius 3 is 1.89 bits per heavy atom. The van der Waals surface area contributed by atoms with E-state index in [9.17, 15) is 0 Å². The van der Waals surface area contributed by atoms with Crippen LogP contribution in [0, 0.1) is 0 Å². The van der Waals surface area contributed by atoms with Gasteiger partial charge in [-0.1, -0.05) is 24.3 Å². The number of aromatic nitrogens is 6. The molecule has 180 valence electrons. The molecule has 6 aromatic rings. The van der Waals surface area contributed by atoms with Crippen molar-refractivity contribution in [3.8, 4) is 44.2 Å². The van der Waals surface area contributed by atoms with E-state index in [0.717, 1.165) is 55.6 Å². The van der Waals surface area contributed by atoms with Crippen LogP contribution in [0.1, 0.15) is 11.4 Å². The zero-order valence-corrected chi connectivity index (χ0v) is 21.2. The van der Waals surface area contributed by atoms with Gasteiger partial charge in [0.2, 0.25) is 0 Å². The highest BCUT2D eigenvalue weighted by Crippen LogP contribution is 2.27. The first-order chi connectivity index (χ1) is 18.3. The monoisotopic (exact) mass is 520 g/mol. The van der Waals surface area contributed by atoms with Gasteiger partial charge in [0.1, 0.15) is 15.7 Å². The van der Waals surface area contributed by atoms with Crippen LogP contribution in [0.5, 0.6) is 0 Å². The molecule has 0 N–H and O–H groups in total. The zero-order chi connectivity index (χ0) is 24.9. The summed E-state index contributed by atoms with van der Waals surface area (Å²) in [5.41, 5.74) is 6.71. The minimum atomic E-state index is 0.382. The highest BCUT2D eigenvalue weighted by Gasteiger charge is 2.11. The van der Waals surface area contributed by atoms with Gasteiger partial charge in [-0.3, -0.25) is 9.97 Å². The van der Waals surface area contributed by atoms with E-state index in [2.05, 4.69) is 9.97 Å². The average molecular weight is 521 g/mol. The summed E-state index contributed by atoms with van der Waals surface area (Å²) in [5.74, 6) is 0. The van der Waals surface area contributed by atoms with Crippen LogP contribution < -0.4 is 0 Å². The molecule has 0 atom stereocenters. The molecule has 0 aliphatic heterocycles. The second-order valence-electron chi connectivity index (χ2n) is 8.03. The van der Waals surface area contributed by atoms with Gasteiger partial charge >= 0.3 is 0 Å². The first kappa shape index (κ1) is 23.2. The molecule has 0 aliphatic carbocycles. The Kier molecular flexibility index (Phi) is 6.80. The predicted molar refractivity (Wildman–Crippen MR) is 146 cm³/mol. The van der Waals surface area contributed by atoms with E-state index in [1.807, 2.05) is 83.6 Å². The molecule has 0 aliphatic rings. The first-order valence-electron chi connectivity index (χ1n) is 11.6. The third-order valence-electron chi connectivity index (χ3n) is 5.40. The van der Waals surface area contributed by atoms with Crippen molar-refractivity contribution in [1.29, 1.82) is 0 Å². The highest BCUT2D eigenvalue weighted by molar-refractivity contribution is 7.13. The molecule has 0 saturated carbocycles. The molecule has 37 heavy (non-hydrogen) atoms. The van der Waals surface area contributed by atoms with Crippen molar-refractivity contribution in [2.75, 3.05) is 0 Å². The Hall–Kier alpha value is -4.18. The second kappa shape index (κ2) is 10.8. The standard InChI is InChI=1S/C28H20N6OS2/c1-3-13-29-21(8-1)23-10-6-12-25(33-23)27-32-20(17-36-27)16-35-15-19-7-5-11-24(31-19)28-34-26(18-37-28)22-9-2-4-14-30-22/h1-14,17-18H,15-16H2. The highest BCUT2D eigenvalue weighted by atomic mass is 32.1. The SMILES string of the molecule is c1ccc(-c2cccc(-c3nc(COCc4cccc(-c5nc(-c6ccccn6)cs5)n4)cs3)n2)nc1. The molecule has 0 bridgehead atoms. The van der Waals surface area contributed by atoms with E-state index in [4.69, 9.17) is 24.7 Å². The molecule has 6 heterocycles. The fourth-order valence-electron chi connectivity index (χ4n) is 3.66. The summed E-state index contributed by atoms with van der Waals surface area (Å²) in [6, 6.07) is 23.4. The number of nitrogens with zero attached hydrogens (tertiary/aromatic N) is 6. The normalized spacial score (nSPS) is 11.0. The fraction of sp³-hybridized carbons (Fsp3) is 0.0714. The Morgan fingerprint density at radius 1 is 0.486 bits per heavy atom. The molecule has 7 nitrogen and oxygen atoms in total. The maximum absolute atomic E-state index is 5.94. The van der Waals surface area contributed by atoms with Crippen LogP contribution in [-0.4, -0.2) is 29.9 Å². The van der Waals surface area contributed by atoms with E-state index in [-0.39, 0.29) is 0 Å². The smallest absolute Gasteiger partial charge is 0.142 e. The summed E-state index contributed by atoms with van der Waals surface area (Å²) < 4.78 is 5.94. The van der Waals surface area contributed by atoms with Crippen molar-refractivity contribution in [3.05, 3.63) is 107 Å². The van der Waals surface area contributed by atoms with Gasteiger partial charge in [0, 0.05) is 23.2 Å². The maximum atomic E-state index is 5.94. The van der Waals surface area contributed by atoms with Gasteiger partial charge in [0.05, 0.1) is 53.1 Å². The van der Waals surface area contributed by atoms with Crippen LogP contribution in [0.25, 0.3) is 44.2 Å². The molecule has 0 radical (unpaired) electrons. The van der Waals surface area contributed by atoms with Crippen molar-refractivity contribution >= 4 is 22.7 Å². The molecule has 0 spiro atoms. The van der Waals surface area contributed by atoms with Crippen LogP contribution >= 0.6 is 22.7 Å². The van der Waals surface area contributed by atoms with Gasteiger partial charge in [-0.05, 0) is 48.5 Å². The van der Waals surface area contributed by atoms with E-state index < -0.39 is 0 Å². The number of ether oxygens (including phenoxy) is 1. The topological polar surface area (TPSA) is 86.6 Å². The van der Waals surface area contributed by atoms with Crippen LogP contribution in [0.3, 0.4) is 0 Å². The summed E-state index contributed by atoms with van der Waals surface area (Å²) in [4.78, 5) is 27.7. The number of hydrogen-bond donors (Lipinski definition) is 0. The molecule has 6 rings (SSSR count). The Bertz CT molecular complexity index is 1620. The summed E-state index contributed by atoms with van der Waals surface area (Å²) in [6.45, 7) is 0.774. The molecule has 9 heteroatoms. The summed E-state index contributed by atoms with van der Waals surface area (Å²) in [7, 11) is 0. The second-order valence-corrected chi connectivity index (χ2v) is 9.74. The lowest BCUT2D eigenvalue weighted by Gasteiger charge is -2.04. The largest absolute Gasteiger partial charge is 0.369 e. The Labute approximate surface area is 221 Å². The maximum Gasteiger partial charge on any atom is 0.142 e. The molecule has 0 aromatic carbocycles. The van der Waals surface area contributed by atoms with E-state index >= 15 is 0 Å². The van der Waals surface area contributed by atoms with Crippen molar-refractivity contribution < 1.29 is 4.74 Å². The zero-order valence-electron chi connectivity index (χ0n) is 19.6. The van der Waals surface area contributed by atoms with Crippen LogP contribution in [-0.2, 0) is 18.0 Å². The Morgan fingerprint density at radius 2 is 1.11 bits per heavy atom. The minimum Gasteiger partial charge on any atom is -0.369 e. The van der Waals surface area contributed by atoms with E-state index in [1.165, 1.54) is 0 Å². The molecule has 0 saturated heterocycles. The van der Waals surface area contributed by atoms with Crippen molar-refractivity contribution in [1.82, 2.24) is 29.9 Å². The number of rotatable bonds is 8. The lowest BCUT2D eigenvalue weighted by atomic mass is 10.2. The molecular weight excluding hydrogens is 500 g/mol. The van der Waals surface area contributed by atoms with Crippen molar-refractivity contribution in [3.63, 3.8) is 0 Å². The van der Waals surface area contributed by atoms with Gasteiger partial charge in [-0.25, -0.2) is 19.9 Å². The first-order valence-corrected chi connectivity index (χ1v) is 13.3. The van der Waals surface area contributed by atoms with Crippen LogP contribution in [0.2, 0.25) is 0 Å². The number of hydrogen-bond acceptors (Lipinski definition) is 9. The quantitative estimate of drug-likeness (QED) is 0.224. The van der Waals surface area contributed by atoms with Crippen LogP contribution in [0.4, 0.5) is 0 Å². The molecule has 0 fully saturated rings. The van der Waals surface area contributed by atoms with Gasteiger partial charge in [0.25, 0.3) is 0 Å². The summed E-state index contributed by atoms with van der Waals surface area (Å²) >= 11 is 3.11. The molecule has 0 unspecified atom stereocenters. The third-order valence-corrected chi connectivity index (χ3v) is 7.18. The summed E-state index contributed by atoms with van der Waals surface area (Å²) in [6.07, 6.45) is 3.54. The molecule has 0 amide bonds. The van der Waals surface area contributed by atoms with Gasteiger partial charge in [-0.2, -0.15) is 0 Å². The lowest BCUT2D eigenvalue weighted by molar-refractivity contribution is 0.102. The Balaban J connectivity index is 1.09. The molecular formula is C28H20N6OS2. The van der Waals surface area contributed by atoms with Gasteiger partial charge in [-0.15, -0.1) is 22.7 Å².